The van der Waals surface area contributed by atoms with Crippen LogP contribution in [0, 0.1) is 0 Å². The molecule has 0 spiro atoms. The molecule has 0 amide bonds. The molecular formula is C14H19N3O2. The molecule has 5 heteroatoms. The molecule has 5 nitrogen and oxygen atoms in total. The Morgan fingerprint density at radius 1 is 1.32 bits per heavy atom. The third kappa shape index (κ3) is 3.87. The van der Waals surface area contributed by atoms with Crippen LogP contribution < -0.4 is 5.73 Å². The van der Waals surface area contributed by atoms with Gasteiger partial charge >= 0.3 is 0 Å². The molecule has 1 aromatic heterocycles. The molecule has 0 radical (unpaired) electrons. The van der Waals surface area contributed by atoms with Gasteiger partial charge in [0.05, 0.1) is 6.61 Å². The molecule has 0 saturated heterocycles. The summed E-state index contributed by atoms with van der Waals surface area (Å²) in [6, 6.07) is 8.01. The van der Waals surface area contributed by atoms with Crippen LogP contribution in [0.5, 0.6) is 0 Å². The van der Waals surface area contributed by atoms with E-state index in [2.05, 4.69) is 10.1 Å². The number of hydrogen-bond donors (Lipinski definition) is 1. The van der Waals surface area contributed by atoms with E-state index in [1.807, 2.05) is 31.2 Å². The van der Waals surface area contributed by atoms with Gasteiger partial charge in [0, 0.05) is 18.6 Å². The third-order valence-electron chi connectivity index (χ3n) is 2.75. The molecule has 0 fully saturated rings. The lowest BCUT2D eigenvalue weighted by atomic mass is 10.1. The Bertz CT molecular complexity index is 511. The van der Waals surface area contributed by atoms with Crippen LogP contribution in [0.4, 0.5) is 0 Å². The van der Waals surface area contributed by atoms with Gasteiger partial charge in [0.1, 0.15) is 0 Å². The average Bonchev–Trinajstić information content (AvgIpc) is 2.89. The van der Waals surface area contributed by atoms with Gasteiger partial charge in [0.2, 0.25) is 0 Å². The number of benzene rings is 1. The molecule has 102 valence electrons. The van der Waals surface area contributed by atoms with Crippen molar-refractivity contribution in [3.63, 3.8) is 0 Å². The fourth-order valence-corrected chi connectivity index (χ4v) is 1.81. The Labute approximate surface area is 112 Å². The number of nitrogens with two attached hydrogens (primary N) is 1. The van der Waals surface area contributed by atoms with E-state index in [1.54, 1.807) is 0 Å². The lowest BCUT2D eigenvalue weighted by molar-refractivity contribution is 0.149. The van der Waals surface area contributed by atoms with Crippen molar-refractivity contribution in [2.24, 2.45) is 5.73 Å². The Balaban J connectivity index is 2.07. The highest BCUT2D eigenvalue weighted by molar-refractivity contribution is 5.54. The van der Waals surface area contributed by atoms with Gasteiger partial charge in [0.25, 0.3) is 5.89 Å². The molecule has 1 aromatic carbocycles. The van der Waals surface area contributed by atoms with Gasteiger partial charge in [-0.05, 0) is 37.6 Å². The predicted molar refractivity (Wildman–Crippen MR) is 72.7 cm³/mol. The zero-order valence-electron chi connectivity index (χ0n) is 11.1. The predicted octanol–water partition coefficient (Wildman–Crippen LogP) is 1.82. The third-order valence-corrected chi connectivity index (χ3v) is 2.75. The summed E-state index contributed by atoms with van der Waals surface area (Å²) in [7, 11) is 0. The summed E-state index contributed by atoms with van der Waals surface area (Å²) in [5, 5.41) is 3.95. The molecule has 2 rings (SSSR count). The van der Waals surface area contributed by atoms with E-state index < -0.39 is 0 Å². The molecule has 0 atom stereocenters. The zero-order valence-corrected chi connectivity index (χ0v) is 11.1. The molecule has 0 saturated carbocycles. The summed E-state index contributed by atoms with van der Waals surface area (Å²) < 4.78 is 10.5. The maximum absolute atomic E-state index is 5.56. The van der Waals surface area contributed by atoms with Crippen molar-refractivity contribution in [1.82, 2.24) is 10.1 Å². The second-order valence-corrected chi connectivity index (χ2v) is 4.20. The molecule has 0 aliphatic heterocycles. The van der Waals surface area contributed by atoms with E-state index in [0.29, 0.717) is 37.9 Å². The lowest BCUT2D eigenvalue weighted by Gasteiger charge is -2.00. The summed E-state index contributed by atoms with van der Waals surface area (Å²) >= 11 is 0. The fraction of sp³-hybridized carbons (Fsp3) is 0.429. The molecule has 19 heavy (non-hydrogen) atoms. The van der Waals surface area contributed by atoms with Crippen LogP contribution in [-0.2, 0) is 17.6 Å². The van der Waals surface area contributed by atoms with E-state index in [-0.39, 0.29) is 0 Å². The van der Waals surface area contributed by atoms with Crippen molar-refractivity contribution >= 4 is 0 Å². The van der Waals surface area contributed by atoms with Crippen LogP contribution in [0.15, 0.2) is 28.8 Å². The molecule has 0 bridgehead atoms. The van der Waals surface area contributed by atoms with Crippen molar-refractivity contribution in [3.05, 3.63) is 35.7 Å². The van der Waals surface area contributed by atoms with Crippen LogP contribution in [0.25, 0.3) is 11.5 Å². The minimum atomic E-state index is 0.547. The number of nitrogens with zero attached hydrogens (tertiary/aromatic N) is 2. The first-order valence-corrected chi connectivity index (χ1v) is 6.53. The topological polar surface area (TPSA) is 74.2 Å². The van der Waals surface area contributed by atoms with E-state index >= 15 is 0 Å². The second kappa shape index (κ2) is 7.01. The van der Waals surface area contributed by atoms with E-state index in [1.165, 1.54) is 5.56 Å². The van der Waals surface area contributed by atoms with Crippen LogP contribution in [0.1, 0.15) is 18.3 Å². The Morgan fingerprint density at radius 2 is 2.21 bits per heavy atom. The summed E-state index contributed by atoms with van der Waals surface area (Å²) in [5.74, 6) is 1.22. The SMILES string of the molecule is CCOCCc1noc(-c2cccc(CCN)c2)n1. The summed E-state index contributed by atoms with van der Waals surface area (Å²) in [6.45, 7) is 3.91. The average molecular weight is 261 g/mol. The Morgan fingerprint density at radius 3 is 3.00 bits per heavy atom. The minimum absolute atomic E-state index is 0.547. The Hall–Kier alpha value is -1.72. The number of hydrogen-bond acceptors (Lipinski definition) is 5. The number of rotatable bonds is 7. The minimum Gasteiger partial charge on any atom is -0.381 e. The van der Waals surface area contributed by atoms with Crippen molar-refractivity contribution in [3.8, 4) is 11.5 Å². The van der Waals surface area contributed by atoms with Gasteiger partial charge in [0.15, 0.2) is 5.82 Å². The zero-order chi connectivity index (χ0) is 13.5. The van der Waals surface area contributed by atoms with Gasteiger partial charge < -0.3 is 15.0 Å². The maximum atomic E-state index is 5.56. The van der Waals surface area contributed by atoms with Gasteiger partial charge in [-0.25, -0.2) is 0 Å². The molecule has 0 unspecified atom stereocenters. The van der Waals surface area contributed by atoms with Gasteiger partial charge in [-0.1, -0.05) is 17.3 Å². The number of aromatic nitrogens is 2. The summed E-state index contributed by atoms with van der Waals surface area (Å²) in [5.41, 5.74) is 7.66. The Kier molecular flexibility index (Phi) is 5.06. The first-order valence-electron chi connectivity index (χ1n) is 6.53. The van der Waals surface area contributed by atoms with Crippen molar-refractivity contribution in [1.29, 1.82) is 0 Å². The molecule has 0 aliphatic rings. The normalized spacial score (nSPS) is 10.8. The van der Waals surface area contributed by atoms with Gasteiger partial charge in [-0.15, -0.1) is 0 Å². The summed E-state index contributed by atoms with van der Waals surface area (Å²) in [6.07, 6.45) is 1.51. The van der Waals surface area contributed by atoms with E-state index in [9.17, 15) is 0 Å². The van der Waals surface area contributed by atoms with Crippen LogP contribution in [0.3, 0.4) is 0 Å². The molecule has 2 N–H and O–H groups in total. The largest absolute Gasteiger partial charge is 0.381 e. The first-order chi connectivity index (χ1) is 9.33. The highest BCUT2D eigenvalue weighted by atomic mass is 16.5. The van der Waals surface area contributed by atoms with E-state index in [0.717, 1.165) is 12.0 Å². The highest BCUT2D eigenvalue weighted by Gasteiger charge is 2.09. The molecule has 0 aliphatic carbocycles. The highest BCUT2D eigenvalue weighted by Crippen LogP contribution is 2.18. The van der Waals surface area contributed by atoms with Gasteiger partial charge in [-0.3, -0.25) is 0 Å². The number of ether oxygens (including phenoxy) is 1. The van der Waals surface area contributed by atoms with E-state index in [4.69, 9.17) is 15.0 Å². The monoisotopic (exact) mass is 261 g/mol. The van der Waals surface area contributed by atoms with Crippen LogP contribution >= 0.6 is 0 Å². The maximum Gasteiger partial charge on any atom is 0.257 e. The van der Waals surface area contributed by atoms with Crippen LogP contribution in [-0.4, -0.2) is 29.9 Å². The smallest absolute Gasteiger partial charge is 0.257 e. The van der Waals surface area contributed by atoms with Crippen molar-refractivity contribution in [2.45, 2.75) is 19.8 Å². The van der Waals surface area contributed by atoms with Gasteiger partial charge in [-0.2, -0.15) is 4.98 Å². The van der Waals surface area contributed by atoms with Crippen molar-refractivity contribution in [2.75, 3.05) is 19.8 Å². The molecule has 2 aromatic rings. The quantitative estimate of drug-likeness (QED) is 0.769. The lowest BCUT2D eigenvalue weighted by Crippen LogP contribution is -2.02. The first kappa shape index (κ1) is 13.7. The van der Waals surface area contributed by atoms with Crippen molar-refractivity contribution < 1.29 is 9.26 Å². The standard InChI is InChI=1S/C14H19N3O2/c1-2-18-9-7-13-16-14(19-17-13)12-5-3-4-11(10-12)6-8-15/h3-5,10H,2,6-9,15H2,1H3. The fourth-order valence-electron chi connectivity index (χ4n) is 1.81. The molecular weight excluding hydrogens is 242 g/mol. The summed E-state index contributed by atoms with van der Waals surface area (Å²) in [4.78, 5) is 4.36. The molecule has 1 heterocycles. The van der Waals surface area contributed by atoms with Crippen LogP contribution in [0.2, 0.25) is 0 Å². The second-order valence-electron chi connectivity index (χ2n) is 4.20.